The van der Waals surface area contributed by atoms with Gasteiger partial charge in [0, 0.05) is 26.6 Å². The first-order valence-corrected chi connectivity index (χ1v) is 4.59. The predicted molar refractivity (Wildman–Crippen MR) is 49.1 cm³/mol. The Labute approximate surface area is 69.3 Å². The highest BCUT2D eigenvalue weighted by molar-refractivity contribution is 5.83. The third kappa shape index (κ3) is 2.52. The zero-order valence-corrected chi connectivity index (χ0v) is 7.64. The summed E-state index contributed by atoms with van der Waals surface area (Å²) in [6, 6.07) is 0. The first-order chi connectivity index (χ1) is 5.34. The fourth-order valence-corrected chi connectivity index (χ4v) is 1.36. The molecule has 0 saturated heterocycles. The van der Waals surface area contributed by atoms with Gasteiger partial charge >= 0.3 is 0 Å². The molecule has 0 bridgehead atoms. The van der Waals surface area contributed by atoms with Crippen LogP contribution in [0.15, 0.2) is 4.99 Å². The van der Waals surface area contributed by atoms with Crippen molar-refractivity contribution in [3.05, 3.63) is 0 Å². The average Bonchev–Trinajstić information content (AvgIpc) is 2.52. The molecule has 1 heterocycles. The van der Waals surface area contributed by atoms with Crippen LogP contribution >= 0.6 is 0 Å². The normalized spacial score (nSPS) is 16.7. The maximum Gasteiger partial charge on any atom is 0.0987 e. The maximum absolute atomic E-state index is 4.43. The summed E-state index contributed by atoms with van der Waals surface area (Å²) < 4.78 is 0. The van der Waals surface area contributed by atoms with Gasteiger partial charge in [-0.05, 0) is 12.8 Å². The molecule has 0 unspecified atom stereocenters. The van der Waals surface area contributed by atoms with Gasteiger partial charge < -0.3 is 4.90 Å². The van der Waals surface area contributed by atoms with Gasteiger partial charge in [-0.2, -0.15) is 0 Å². The third-order valence-electron chi connectivity index (χ3n) is 2.14. The minimum absolute atomic E-state index is 1.05. The Morgan fingerprint density at radius 1 is 1.55 bits per heavy atom. The lowest BCUT2D eigenvalue weighted by Gasteiger charge is -2.17. The van der Waals surface area contributed by atoms with Crippen molar-refractivity contribution < 1.29 is 0 Å². The van der Waals surface area contributed by atoms with Crippen LogP contribution in [-0.2, 0) is 0 Å². The third-order valence-corrected chi connectivity index (χ3v) is 2.14. The minimum Gasteiger partial charge on any atom is -0.363 e. The minimum atomic E-state index is 1.05. The number of hydrogen-bond acceptors (Lipinski definition) is 2. The highest BCUT2D eigenvalue weighted by atomic mass is 15.2. The van der Waals surface area contributed by atoms with Gasteiger partial charge in [-0.25, -0.2) is 0 Å². The summed E-state index contributed by atoms with van der Waals surface area (Å²) in [7, 11) is 2.15. The van der Waals surface area contributed by atoms with Gasteiger partial charge in [0.05, 0.1) is 5.84 Å². The lowest BCUT2D eigenvalue weighted by molar-refractivity contribution is 0.478. The van der Waals surface area contributed by atoms with E-state index in [0.29, 0.717) is 0 Å². The van der Waals surface area contributed by atoms with E-state index in [1.807, 2.05) is 0 Å². The summed E-state index contributed by atoms with van der Waals surface area (Å²) >= 11 is 0. The smallest absolute Gasteiger partial charge is 0.0987 e. The zero-order chi connectivity index (χ0) is 8.10. The summed E-state index contributed by atoms with van der Waals surface area (Å²) in [5.41, 5.74) is 0. The first kappa shape index (κ1) is 8.57. The Hall–Kier alpha value is -0.530. The van der Waals surface area contributed by atoms with Crippen molar-refractivity contribution in [3.8, 4) is 0 Å². The molecule has 2 nitrogen and oxygen atoms in total. The van der Waals surface area contributed by atoms with Crippen LogP contribution in [0.1, 0.15) is 32.6 Å². The molecule has 0 spiro atoms. The molecule has 2 heteroatoms. The van der Waals surface area contributed by atoms with Crippen molar-refractivity contribution in [2.24, 2.45) is 4.99 Å². The lowest BCUT2D eigenvalue weighted by atomic mass is 10.3. The van der Waals surface area contributed by atoms with E-state index in [-0.39, 0.29) is 0 Å². The molecule has 0 aromatic carbocycles. The van der Waals surface area contributed by atoms with E-state index in [4.69, 9.17) is 0 Å². The Bertz CT molecular complexity index is 140. The molecule has 0 fully saturated rings. The molecule has 0 atom stereocenters. The molecular weight excluding hydrogens is 136 g/mol. The number of unbranched alkanes of at least 4 members (excludes halogenated alkanes) is 1. The van der Waals surface area contributed by atoms with Gasteiger partial charge in [0.25, 0.3) is 0 Å². The van der Waals surface area contributed by atoms with Crippen LogP contribution in [-0.4, -0.2) is 30.9 Å². The second-order valence-electron chi connectivity index (χ2n) is 3.18. The largest absolute Gasteiger partial charge is 0.363 e. The van der Waals surface area contributed by atoms with Crippen LogP contribution in [0.3, 0.4) is 0 Å². The molecule has 1 aliphatic rings. The highest BCUT2D eigenvalue weighted by Gasteiger charge is 2.09. The van der Waals surface area contributed by atoms with E-state index in [2.05, 4.69) is 23.9 Å². The lowest BCUT2D eigenvalue weighted by Crippen LogP contribution is -2.25. The Kier molecular flexibility index (Phi) is 3.40. The van der Waals surface area contributed by atoms with Crippen molar-refractivity contribution >= 4 is 5.84 Å². The molecule has 0 radical (unpaired) electrons. The van der Waals surface area contributed by atoms with Crippen molar-refractivity contribution in [2.45, 2.75) is 32.6 Å². The monoisotopic (exact) mass is 154 g/mol. The first-order valence-electron chi connectivity index (χ1n) is 4.59. The molecular formula is C9H18N2. The summed E-state index contributed by atoms with van der Waals surface area (Å²) in [4.78, 5) is 6.73. The molecule has 11 heavy (non-hydrogen) atoms. The Balaban J connectivity index is 2.23. The van der Waals surface area contributed by atoms with E-state index in [1.165, 1.54) is 38.1 Å². The highest BCUT2D eigenvalue weighted by Crippen LogP contribution is 2.07. The summed E-state index contributed by atoms with van der Waals surface area (Å²) in [6.07, 6.45) is 5.01. The quantitative estimate of drug-likeness (QED) is 0.606. The van der Waals surface area contributed by atoms with Crippen LogP contribution in [0.5, 0.6) is 0 Å². The van der Waals surface area contributed by atoms with Gasteiger partial charge in [0.2, 0.25) is 0 Å². The van der Waals surface area contributed by atoms with Crippen molar-refractivity contribution in [1.82, 2.24) is 4.90 Å². The molecule has 0 N–H and O–H groups in total. The second-order valence-corrected chi connectivity index (χ2v) is 3.18. The topological polar surface area (TPSA) is 15.6 Å². The standard InChI is InChI=1S/C9H18N2/c1-3-4-8-11(2)9-6-5-7-10-9/h3-8H2,1-2H3. The van der Waals surface area contributed by atoms with Gasteiger partial charge in [-0.3, -0.25) is 4.99 Å². The summed E-state index contributed by atoms with van der Waals surface area (Å²) in [6.45, 7) is 4.45. The number of amidine groups is 1. The summed E-state index contributed by atoms with van der Waals surface area (Å²) in [5, 5.41) is 0. The van der Waals surface area contributed by atoms with E-state index in [1.54, 1.807) is 0 Å². The van der Waals surface area contributed by atoms with Crippen molar-refractivity contribution in [3.63, 3.8) is 0 Å². The van der Waals surface area contributed by atoms with E-state index in [9.17, 15) is 0 Å². The molecule has 64 valence electrons. The molecule has 1 aliphatic heterocycles. The van der Waals surface area contributed by atoms with Crippen molar-refractivity contribution in [1.29, 1.82) is 0 Å². The SMILES string of the molecule is CCCCN(C)C1=NCCC1. The molecule has 0 aromatic rings. The zero-order valence-electron chi connectivity index (χ0n) is 7.64. The molecule has 1 rings (SSSR count). The second kappa shape index (κ2) is 4.37. The maximum atomic E-state index is 4.43. The molecule has 0 aliphatic carbocycles. The van der Waals surface area contributed by atoms with Gasteiger partial charge in [0.1, 0.15) is 0 Å². The molecule has 0 amide bonds. The van der Waals surface area contributed by atoms with E-state index in [0.717, 1.165) is 6.54 Å². The van der Waals surface area contributed by atoms with Gasteiger partial charge in [-0.1, -0.05) is 13.3 Å². The van der Waals surface area contributed by atoms with Crippen LogP contribution < -0.4 is 0 Å². The Morgan fingerprint density at radius 3 is 2.91 bits per heavy atom. The number of hydrogen-bond donors (Lipinski definition) is 0. The van der Waals surface area contributed by atoms with Gasteiger partial charge in [-0.15, -0.1) is 0 Å². The molecule has 0 saturated carbocycles. The Morgan fingerprint density at radius 2 is 2.36 bits per heavy atom. The average molecular weight is 154 g/mol. The number of nitrogens with zero attached hydrogens (tertiary/aromatic N) is 2. The van der Waals surface area contributed by atoms with Crippen LogP contribution in [0.2, 0.25) is 0 Å². The van der Waals surface area contributed by atoms with Crippen LogP contribution in [0.25, 0.3) is 0 Å². The molecule has 0 aromatic heterocycles. The van der Waals surface area contributed by atoms with E-state index >= 15 is 0 Å². The fourth-order valence-electron chi connectivity index (χ4n) is 1.36. The summed E-state index contributed by atoms with van der Waals surface area (Å²) in [5.74, 6) is 1.32. The number of rotatable bonds is 3. The van der Waals surface area contributed by atoms with Crippen LogP contribution in [0, 0.1) is 0 Å². The van der Waals surface area contributed by atoms with Crippen LogP contribution in [0.4, 0.5) is 0 Å². The predicted octanol–water partition coefficient (Wildman–Crippen LogP) is 1.91. The number of aliphatic imine (C=N–C) groups is 1. The van der Waals surface area contributed by atoms with Gasteiger partial charge in [0.15, 0.2) is 0 Å². The van der Waals surface area contributed by atoms with Crippen molar-refractivity contribution in [2.75, 3.05) is 20.1 Å². The van der Waals surface area contributed by atoms with E-state index < -0.39 is 0 Å². The fraction of sp³-hybridized carbons (Fsp3) is 0.889.